The van der Waals surface area contributed by atoms with Crippen molar-refractivity contribution in [3.05, 3.63) is 86.3 Å². The van der Waals surface area contributed by atoms with Crippen molar-refractivity contribution in [2.75, 3.05) is 5.73 Å². The number of fused-ring (bicyclic) bond motifs is 1. The molecule has 0 radical (unpaired) electrons. The van der Waals surface area contributed by atoms with Crippen LogP contribution in [0.1, 0.15) is 43.9 Å². The molecule has 1 aromatic carbocycles. The molecule has 0 aliphatic heterocycles. The van der Waals surface area contributed by atoms with Gasteiger partial charge in [-0.3, -0.25) is 9.59 Å². The zero-order valence-electron chi connectivity index (χ0n) is 20.3. The number of hydrogen-bond donors (Lipinski definition) is 2. The molecule has 0 spiro atoms. The van der Waals surface area contributed by atoms with Crippen molar-refractivity contribution in [2.24, 2.45) is 0 Å². The highest BCUT2D eigenvalue weighted by atomic mass is 19.4. The van der Waals surface area contributed by atoms with Gasteiger partial charge >= 0.3 is 6.18 Å². The SMILES string of the molecule is CCCCCn1ccc2cc(-c3ccc(F)c(C(F)F)n3)c(F)cc2c1=O.Nc1cn[nH]c(=O)c1C(F)(F)F. The van der Waals surface area contributed by atoms with Crippen LogP contribution in [0.25, 0.3) is 22.0 Å². The Morgan fingerprint density at radius 2 is 1.77 bits per heavy atom. The monoisotopic (exact) mass is 557 g/mol. The summed E-state index contributed by atoms with van der Waals surface area (Å²) in [6.45, 7) is 2.60. The highest BCUT2D eigenvalue weighted by Crippen LogP contribution is 2.30. The quantitative estimate of drug-likeness (QED) is 0.229. The molecule has 0 saturated carbocycles. The Morgan fingerprint density at radius 3 is 2.36 bits per heavy atom. The number of halogens is 7. The van der Waals surface area contributed by atoms with Gasteiger partial charge in [0.25, 0.3) is 17.5 Å². The minimum atomic E-state index is -4.74. The van der Waals surface area contributed by atoms with E-state index in [0.717, 1.165) is 43.7 Å². The number of benzene rings is 1. The number of pyridine rings is 2. The van der Waals surface area contributed by atoms with Gasteiger partial charge in [-0.1, -0.05) is 19.8 Å². The maximum Gasteiger partial charge on any atom is 0.423 e. The van der Waals surface area contributed by atoms with Gasteiger partial charge in [-0.2, -0.15) is 18.3 Å². The summed E-state index contributed by atoms with van der Waals surface area (Å²) in [6.07, 6.45) is -2.62. The smallest absolute Gasteiger partial charge is 0.397 e. The fourth-order valence-corrected chi connectivity index (χ4v) is 3.68. The normalized spacial score (nSPS) is 11.5. The summed E-state index contributed by atoms with van der Waals surface area (Å²) in [5.41, 5.74) is -0.0211. The van der Waals surface area contributed by atoms with E-state index in [1.54, 1.807) is 17.4 Å². The minimum absolute atomic E-state index is 0.0625. The highest BCUT2D eigenvalue weighted by Gasteiger charge is 2.36. The number of aromatic nitrogens is 4. The van der Waals surface area contributed by atoms with Crippen molar-refractivity contribution >= 4 is 16.5 Å². The first kappa shape index (κ1) is 29.3. The van der Waals surface area contributed by atoms with Gasteiger partial charge in [0.15, 0.2) is 5.82 Å². The lowest BCUT2D eigenvalue weighted by Gasteiger charge is -2.10. The summed E-state index contributed by atoms with van der Waals surface area (Å²) < 4.78 is 91.2. The molecule has 0 unspecified atom stereocenters. The van der Waals surface area contributed by atoms with Crippen LogP contribution < -0.4 is 16.9 Å². The molecule has 7 nitrogen and oxygen atoms in total. The standard InChI is InChI=1S/C20H18F4N2O.C5H4F3N3O/c1-2-3-4-8-26-9-7-12-10-14(16(22)11-13(12)20(26)27)17-6-5-15(21)18(25-17)19(23)24;6-5(7,8)3-2(9)1-10-11-4(3)12/h5-7,9-11,19H,2-4,8H2,1H3;1H,(H3,9,11,12). The van der Waals surface area contributed by atoms with Crippen molar-refractivity contribution in [1.82, 2.24) is 19.7 Å². The van der Waals surface area contributed by atoms with Gasteiger partial charge in [0, 0.05) is 18.3 Å². The Morgan fingerprint density at radius 1 is 1.05 bits per heavy atom. The van der Waals surface area contributed by atoms with Crippen molar-refractivity contribution in [3.63, 3.8) is 0 Å². The van der Waals surface area contributed by atoms with Gasteiger partial charge in [0.05, 0.1) is 23.0 Å². The Balaban J connectivity index is 0.000000293. The van der Waals surface area contributed by atoms with Crippen LogP contribution in [0.5, 0.6) is 0 Å². The third-order valence-corrected chi connectivity index (χ3v) is 5.59. The van der Waals surface area contributed by atoms with Crippen LogP contribution in [0.4, 0.5) is 36.4 Å². The van der Waals surface area contributed by atoms with Crippen LogP contribution in [0.3, 0.4) is 0 Å². The van der Waals surface area contributed by atoms with E-state index in [2.05, 4.69) is 17.0 Å². The molecule has 3 N–H and O–H groups in total. The summed E-state index contributed by atoms with van der Waals surface area (Å²) >= 11 is 0. The first-order chi connectivity index (χ1) is 18.3. The lowest BCUT2D eigenvalue weighted by atomic mass is 10.0. The number of H-pyrrole nitrogens is 1. The molecule has 3 aromatic heterocycles. The summed E-state index contributed by atoms with van der Waals surface area (Å²) in [5, 5.41) is 5.40. The van der Waals surface area contributed by atoms with Crippen LogP contribution in [0.2, 0.25) is 0 Å². The van der Waals surface area contributed by atoms with Crippen LogP contribution in [-0.4, -0.2) is 19.7 Å². The number of hydrogen-bond acceptors (Lipinski definition) is 5. The zero-order valence-corrected chi connectivity index (χ0v) is 20.3. The fourth-order valence-electron chi connectivity index (χ4n) is 3.68. The Kier molecular flexibility index (Phi) is 9.09. The molecular weight excluding hydrogens is 535 g/mol. The third-order valence-electron chi connectivity index (χ3n) is 5.59. The number of nitrogens with two attached hydrogens (primary N) is 1. The number of nitrogens with zero attached hydrogens (tertiary/aromatic N) is 3. The predicted octanol–water partition coefficient (Wildman–Crippen LogP) is 5.84. The average Bonchev–Trinajstić information content (AvgIpc) is 2.85. The Hall–Kier alpha value is -4.23. The van der Waals surface area contributed by atoms with Gasteiger partial charge < -0.3 is 10.3 Å². The molecule has 4 rings (SSSR count). The zero-order chi connectivity index (χ0) is 28.9. The maximum absolute atomic E-state index is 14.6. The molecule has 39 heavy (non-hydrogen) atoms. The van der Waals surface area contributed by atoms with E-state index >= 15 is 0 Å². The summed E-state index contributed by atoms with van der Waals surface area (Å²) in [4.78, 5) is 26.7. The largest absolute Gasteiger partial charge is 0.423 e. The molecular formula is C25H22F7N5O2. The van der Waals surface area contributed by atoms with Gasteiger partial charge in [-0.05, 0) is 42.1 Å². The molecule has 14 heteroatoms. The van der Waals surface area contributed by atoms with E-state index < -0.39 is 46.7 Å². The molecule has 0 bridgehead atoms. The first-order valence-electron chi connectivity index (χ1n) is 11.5. The fraction of sp³-hybridized carbons (Fsp3) is 0.280. The minimum Gasteiger partial charge on any atom is -0.397 e. The summed E-state index contributed by atoms with van der Waals surface area (Å²) in [5.74, 6) is -1.92. The lowest BCUT2D eigenvalue weighted by Crippen LogP contribution is -2.24. The van der Waals surface area contributed by atoms with Crippen molar-refractivity contribution in [1.29, 1.82) is 0 Å². The average molecular weight is 557 g/mol. The number of aryl methyl sites for hydroxylation is 1. The second-order valence-corrected chi connectivity index (χ2v) is 8.33. The van der Waals surface area contributed by atoms with E-state index in [9.17, 15) is 40.3 Å². The van der Waals surface area contributed by atoms with Crippen molar-refractivity contribution in [3.8, 4) is 11.3 Å². The number of alkyl halides is 5. The Bertz CT molecular complexity index is 1580. The number of unbranched alkanes of at least 4 members (excludes halogenated alkanes) is 2. The molecule has 3 heterocycles. The molecule has 0 aliphatic carbocycles. The van der Waals surface area contributed by atoms with Crippen molar-refractivity contribution in [2.45, 2.75) is 45.3 Å². The lowest BCUT2D eigenvalue weighted by molar-refractivity contribution is -0.138. The van der Waals surface area contributed by atoms with E-state index in [4.69, 9.17) is 5.73 Å². The van der Waals surface area contributed by atoms with E-state index in [1.165, 1.54) is 10.6 Å². The maximum atomic E-state index is 14.6. The van der Waals surface area contributed by atoms with Crippen molar-refractivity contribution < 1.29 is 30.7 Å². The Labute approximate surface area is 216 Å². The molecule has 4 aromatic rings. The molecule has 0 fully saturated rings. The van der Waals surface area contributed by atoms with Crippen LogP contribution in [0, 0.1) is 11.6 Å². The second-order valence-electron chi connectivity index (χ2n) is 8.33. The number of aromatic amines is 1. The highest BCUT2D eigenvalue weighted by molar-refractivity contribution is 5.86. The van der Waals surface area contributed by atoms with E-state index in [-0.39, 0.29) is 22.2 Å². The predicted molar refractivity (Wildman–Crippen MR) is 130 cm³/mol. The van der Waals surface area contributed by atoms with E-state index in [1.807, 2.05) is 0 Å². The number of nitrogen functional groups attached to an aromatic ring is 1. The molecule has 0 aliphatic rings. The van der Waals surface area contributed by atoms with Gasteiger partial charge in [-0.15, -0.1) is 0 Å². The number of anilines is 1. The molecule has 0 atom stereocenters. The van der Waals surface area contributed by atoms with Crippen LogP contribution >= 0.6 is 0 Å². The van der Waals surface area contributed by atoms with Gasteiger partial charge in [0.1, 0.15) is 17.1 Å². The van der Waals surface area contributed by atoms with Gasteiger partial charge in [0.2, 0.25) is 0 Å². The van der Waals surface area contributed by atoms with Crippen LogP contribution in [-0.2, 0) is 12.7 Å². The summed E-state index contributed by atoms with van der Waals surface area (Å²) in [7, 11) is 0. The second kappa shape index (κ2) is 12.1. The van der Waals surface area contributed by atoms with Crippen LogP contribution in [0.15, 0.2) is 52.3 Å². The number of rotatable bonds is 6. The molecule has 0 amide bonds. The first-order valence-corrected chi connectivity index (χ1v) is 11.5. The van der Waals surface area contributed by atoms with E-state index in [0.29, 0.717) is 11.9 Å². The molecule has 208 valence electrons. The van der Waals surface area contributed by atoms with Gasteiger partial charge in [-0.25, -0.2) is 27.6 Å². The number of nitrogens with one attached hydrogen (secondary N) is 1. The third kappa shape index (κ3) is 6.81. The molecule has 0 saturated heterocycles. The topological polar surface area (TPSA) is 107 Å². The summed E-state index contributed by atoms with van der Waals surface area (Å²) in [6, 6.07) is 6.09.